The number of nitrogens with one attached hydrogen (secondary N) is 2. The number of hydrogen-bond acceptors (Lipinski definition) is 8. The standard InChI is InChI=1S/C29H28F3N7O2/c1-18-3-4-19(13-25(18)38-28-35-10-7-24(37-28)20-15-33-17-34-16-20)27(40)36-21-5-6-26(23(14-21)29(30,31)32)41-22-8-11-39(2)12-9-22/h3-7,10,13-17,22H,8-9,11-12H2,1-2H3,(H,36,40)(H,35,37,38). The first-order valence-electron chi connectivity index (χ1n) is 13.0. The second-order valence-corrected chi connectivity index (χ2v) is 9.83. The van der Waals surface area contributed by atoms with Gasteiger partial charge in [0.25, 0.3) is 5.91 Å². The fourth-order valence-corrected chi connectivity index (χ4v) is 4.45. The highest BCUT2D eigenvalue weighted by Gasteiger charge is 2.36. The van der Waals surface area contributed by atoms with E-state index < -0.39 is 17.6 Å². The first-order valence-corrected chi connectivity index (χ1v) is 13.0. The molecule has 3 heterocycles. The Balaban J connectivity index is 1.32. The Morgan fingerprint density at radius 2 is 1.80 bits per heavy atom. The molecule has 1 fully saturated rings. The predicted octanol–water partition coefficient (Wildman–Crippen LogP) is 5.73. The second kappa shape index (κ2) is 11.9. The maximum atomic E-state index is 13.9. The quantitative estimate of drug-likeness (QED) is 0.294. The largest absolute Gasteiger partial charge is 0.490 e. The van der Waals surface area contributed by atoms with Crippen LogP contribution in [0.5, 0.6) is 5.75 Å². The first-order chi connectivity index (χ1) is 19.7. The molecule has 0 atom stereocenters. The van der Waals surface area contributed by atoms with Gasteiger partial charge in [0.2, 0.25) is 5.95 Å². The summed E-state index contributed by atoms with van der Waals surface area (Å²) < 4.78 is 47.5. The molecule has 2 N–H and O–H groups in total. The number of ether oxygens (including phenoxy) is 1. The summed E-state index contributed by atoms with van der Waals surface area (Å²) >= 11 is 0. The van der Waals surface area contributed by atoms with Crippen LogP contribution < -0.4 is 15.4 Å². The molecule has 41 heavy (non-hydrogen) atoms. The lowest BCUT2D eigenvalue weighted by Gasteiger charge is -2.30. The summed E-state index contributed by atoms with van der Waals surface area (Å²) in [6.07, 6.45) is 2.62. The third-order valence-electron chi connectivity index (χ3n) is 6.76. The van der Waals surface area contributed by atoms with Crippen molar-refractivity contribution in [1.29, 1.82) is 0 Å². The Morgan fingerprint density at radius 1 is 1.05 bits per heavy atom. The van der Waals surface area contributed by atoms with Gasteiger partial charge in [0.15, 0.2) is 0 Å². The van der Waals surface area contributed by atoms with E-state index >= 15 is 0 Å². The molecule has 4 aromatic rings. The van der Waals surface area contributed by atoms with Crippen molar-refractivity contribution in [2.75, 3.05) is 30.8 Å². The number of carbonyl (C=O) groups excluding carboxylic acids is 1. The van der Waals surface area contributed by atoms with Crippen molar-refractivity contribution in [2.24, 2.45) is 0 Å². The highest BCUT2D eigenvalue weighted by Crippen LogP contribution is 2.39. The van der Waals surface area contributed by atoms with E-state index in [-0.39, 0.29) is 23.1 Å². The minimum atomic E-state index is -4.65. The smallest absolute Gasteiger partial charge is 0.420 e. The molecule has 1 aliphatic rings. The van der Waals surface area contributed by atoms with Crippen LogP contribution in [0.25, 0.3) is 11.3 Å². The summed E-state index contributed by atoms with van der Waals surface area (Å²) in [5, 5.41) is 5.68. The van der Waals surface area contributed by atoms with E-state index in [2.05, 4.69) is 35.5 Å². The lowest BCUT2D eigenvalue weighted by atomic mass is 10.1. The number of alkyl halides is 3. The summed E-state index contributed by atoms with van der Waals surface area (Å²) in [6.45, 7) is 3.36. The van der Waals surface area contributed by atoms with Crippen LogP contribution in [-0.4, -0.2) is 57.0 Å². The molecule has 12 heteroatoms. The van der Waals surface area contributed by atoms with Gasteiger partial charge in [-0.1, -0.05) is 6.07 Å². The molecular formula is C29H28F3N7O2. The summed E-state index contributed by atoms with van der Waals surface area (Å²) in [5.41, 5.74) is 2.02. The predicted molar refractivity (Wildman–Crippen MR) is 148 cm³/mol. The number of nitrogens with zero attached hydrogens (tertiary/aromatic N) is 5. The Kier molecular flexibility index (Phi) is 8.11. The van der Waals surface area contributed by atoms with Crippen molar-refractivity contribution < 1.29 is 22.7 Å². The van der Waals surface area contributed by atoms with Gasteiger partial charge in [-0.15, -0.1) is 0 Å². The fraction of sp³-hybridized carbons (Fsp3) is 0.276. The summed E-state index contributed by atoms with van der Waals surface area (Å²) in [5.74, 6) is -0.514. The van der Waals surface area contributed by atoms with E-state index in [4.69, 9.17) is 4.74 Å². The zero-order valence-electron chi connectivity index (χ0n) is 22.4. The van der Waals surface area contributed by atoms with Gasteiger partial charge < -0.3 is 20.3 Å². The number of anilines is 3. The molecule has 0 radical (unpaired) electrons. The van der Waals surface area contributed by atoms with Gasteiger partial charge in [0, 0.05) is 54.2 Å². The molecular weight excluding hydrogens is 535 g/mol. The first kappa shape index (κ1) is 28.0. The number of piperidine rings is 1. The van der Waals surface area contributed by atoms with Crippen LogP contribution in [0.3, 0.4) is 0 Å². The molecule has 0 aliphatic carbocycles. The van der Waals surface area contributed by atoms with E-state index in [1.165, 1.54) is 18.5 Å². The summed E-state index contributed by atoms with van der Waals surface area (Å²) in [6, 6.07) is 10.2. The maximum absolute atomic E-state index is 13.9. The van der Waals surface area contributed by atoms with Crippen LogP contribution >= 0.6 is 0 Å². The van der Waals surface area contributed by atoms with E-state index in [9.17, 15) is 18.0 Å². The van der Waals surface area contributed by atoms with E-state index in [0.29, 0.717) is 35.7 Å². The van der Waals surface area contributed by atoms with Gasteiger partial charge in [0.05, 0.1) is 11.3 Å². The Labute approximate surface area is 234 Å². The van der Waals surface area contributed by atoms with Crippen molar-refractivity contribution in [2.45, 2.75) is 32.0 Å². The zero-order chi connectivity index (χ0) is 29.0. The van der Waals surface area contributed by atoms with Gasteiger partial charge in [-0.05, 0) is 68.8 Å². The molecule has 5 rings (SSSR count). The van der Waals surface area contributed by atoms with E-state index in [1.807, 2.05) is 14.0 Å². The number of rotatable bonds is 7. The van der Waals surface area contributed by atoms with Crippen molar-refractivity contribution in [3.05, 3.63) is 84.1 Å². The number of aryl methyl sites for hydroxylation is 1. The van der Waals surface area contributed by atoms with Crippen LogP contribution in [0.1, 0.15) is 34.3 Å². The Morgan fingerprint density at radius 3 is 2.54 bits per heavy atom. The molecule has 1 saturated heterocycles. The van der Waals surface area contributed by atoms with Gasteiger partial charge in [-0.3, -0.25) is 4.79 Å². The normalized spacial score (nSPS) is 14.5. The molecule has 0 unspecified atom stereocenters. The fourth-order valence-electron chi connectivity index (χ4n) is 4.45. The van der Waals surface area contributed by atoms with Gasteiger partial charge >= 0.3 is 6.18 Å². The van der Waals surface area contributed by atoms with Crippen LogP contribution in [0.15, 0.2) is 67.4 Å². The molecule has 0 spiro atoms. The Bertz CT molecular complexity index is 1520. The van der Waals surface area contributed by atoms with Gasteiger partial charge in [-0.2, -0.15) is 13.2 Å². The third kappa shape index (κ3) is 6.95. The highest BCUT2D eigenvalue weighted by molar-refractivity contribution is 6.05. The minimum absolute atomic E-state index is 0.00857. The van der Waals surface area contributed by atoms with Crippen LogP contribution in [0.2, 0.25) is 0 Å². The van der Waals surface area contributed by atoms with Crippen molar-refractivity contribution in [1.82, 2.24) is 24.8 Å². The van der Waals surface area contributed by atoms with Gasteiger partial charge in [-0.25, -0.2) is 19.9 Å². The molecule has 2 aromatic heterocycles. The van der Waals surface area contributed by atoms with Gasteiger partial charge in [0.1, 0.15) is 18.2 Å². The lowest BCUT2D eigenvalue weighted by Crippen LogP contribution is -2.36. The molecule has 2 aromatic carbocycles. The average molecular weight is 564 g/mol. The highest BCUT2D eigenvalue weighted by atomic mass is 19.4. The zero-order valence-corrected chi connectivity index (χ0v) is 22.4. The van der Waals surface area contributed by atoms with E-state index in [0.717, 1.165) is 24.7 Å². The monoisotopic (exact) mass is 563 g/mol. The SMILES string of the molecule is Cc1ccc(C(=O)Nc2ccc(OC3CCN(C)CC3)c(C(F)(F)F)c2)cc1Nc1nccc(-c2cncnc2)n1. The summed E-state index contributed by atoms with van der Waals surface area (Å²) in [4.78, 5) is 31.9. The molecule has 0 bridgehead atoms. The minimum Gasteiger partial charge on any atom is -0.490 e. The molecule has 212 valence electrons. The maximum Gasteiger partial charge on any atom is 0.420 e. The number of carbonyl (C=O) groups is 1. The van der Waals surface area contributed by atoms with Crippen molar-refractivity contribution in [3.8, 4) is 17.0 Å². The van der Waals surface area contributed by atoms with Crippen LogP contribution in [0.4, 0.5) is 30.5 Å². The molecule has 1 amide bonds. The Hall–Kier alpha value is -4.58. The topological polar surface area (TPSA) is 105 Å². The molecule has 9 nitrogen and oxygen atoms in total. The lowest BCUT2D eigenvalue weighted by molar-refractivity contribution is -0.139. The van der Waals surface area contributed by atoms with Crippen LogP contribution in [-0.2, 0) is 6.18 Å². The number of benzene rings is 2. The van der Waals surface area contributed by atoms with E-state index in [1.54, 1.807) is 42.9 Å². The number of halogens is 3. The molecule has 1 aliphatic heterocycles. The van der Waals surface area contributed by atoms with Crippen LogP contribution in [0, 0.1) is 6.92 Å². The van der Waals surface area contributed by atoms with Crippen molar-refractivity contribution >= 4 is 23.2 Å². The molecule has 0 saturated carbocycles. The second-order valence-electron chi connectivity index (χ2n) is 9.83. The number of aromatic nitrogens is 4. The average Bonchev–Trinajstić information content (AvgIpc) is 2.96. The third-order valence-corrected chi connectivity index (χ3v) is 6.76. The number of hydrogen-bond donors (Lipinski definition) is 2. The van der Waals surface area contributed by atoms with Crippen molar-refractivity contribution in [3.63, 3.8) is 0 Å². The number of likely N-dealkylation sites (tertiary alicyclic amines) is 1. The number of amides is 1. The summed E-state index contributed by atoms with van der Waals surface area (Å²) in [7, 11) is 1.97.